The molecule has 0 saturated carbocycles. The molecule has 0 unspecified atom stereocenters. The number of nitrogens with zero attached hydrogens (tertiary/aromatic N) is 2. The van der Waals surface area contributed by atoms with Crippen LogP contribution in [0.15, 0.2) is 54.1 Å². The van der Waals surface area contributed by atoms with Gasteiger partial charge in [0, 0.05) is 12.1 Å². The van der Waals surface area contributed by atoms with Crippen molar-refractivity contribution in [1.29, 1.82) is 0 Å². The predicted molar refractivity (Wildman–Crippen MR) is 88.5 cm³/mol. The average molecular weight is 355 g/mol. The number of anilines is 1. The maximum absolute atomic E-state index is 13.0. The molecule has 1 heterocycles. The number of non-ortho nitro benzene ring substituents is 1. The number of halogens is 1. The lowest BCUT2D eigenvalue weighted by molar-refractivity contribution is -0.384. The SMILES string of the molecule is O=C1NC(=O)N(c2ccc(F)cc2)C(=O)/C1=C/c1ccc([N+](=O)[O-])cc1. The number of imide groups is 2. The quantitative estimate of drug-likeness (QED) is 0.393. The van der Waals surface area contributed by atoms with Gasteiger partial charge in [0.1, 0.15) is 11.4 Å². The molecule has 1 fully saturated rings. The van der Waals surface area contributed by atoms with E-state index in [0.717, 1.165) is 12.1 Å². The van der Waals surface area contributed by atoms with E-state index in [1.807, 2.05) is 5.32 Å². The molecule has 3 rings (SSSR count). The number of nitro benzene ring substituents is 1. The molecule has 26 heavy (non-hydrogen) atoms. The largest absolute Gasteiger partial charge is 0.335 e. The van der Waals surface area contributed by atoms with E-state index in [1.165, 1.54) is 42.5 Å². The number of rotatable bonds is 3. The predicted octanol–water partition coefficient (Wildman–Crippen LogP) is 2.40. The molecule has 0 atom stereocenters. The van der Waals surface area contributed by atoms with Crippen LogP contribution in [0, 0.1) is 15.9 Å². The van der Waals surface area contributed by atoms with Gasteiger partial charge in [-0.1, -0.05) is 0 Å². The number of carbonyl (C=O) groups excluding carboxylic acids is 3. The summed E-state index contributed by atoms with van der Waals surface area (Å²) in [6.07, 6.45) is 1.21. The summed E-state index contributed by atoms with van der Waals surface area (Å²) in [6, 6.07) is 8.83. The average Bonchev–Trinajstić information content (AvgIpc) is 2.60. The van der Waals surface area contributed by atoms with Gasteiger partial charge in [0.05, 0.1) is 10.6 Å². The molecule has 8 nitrogen and oxygen atoms in total. The standard InChI is InChI=1S/C17H10FN3O5/c18-11-3-7-12(8-4-11)20-16(23)14(15(22)19-17(20)24)9-10-1-5-13(6-2-10)21(25)26/h1-9H,(H,19,22,24)/b14-9+. The fourth-order valence-electron chi connectivity index (χ4n) is 2.34. The van der Waals surface area contributed by atoms with E-state index >= 15 is 0 Å². The van der Waals surface area contributed by atoms with E-state index in [-0.39, 0.29) is 16.9 Å². The Bertz CT molecular complexity index is 951. The molecule has 1 saturated heterocycles. The molecule has 1 N–H and O–H groups in total. The number of nitro groups is 1. The van der Waals surface area contributed by atoms with Gasteiger partial charge in [-0.15, -0.1) is 0 Å². The second-order valence-corrected chi connectivity index (χ2v) is 5.28. The number of nitrogens with one attached hydrogen (secondary N) is 1. The molecule has 0 radical (unpaired) electrons. The van der Waals surface area contributed by atoms with E-state index in [4.69, 9.17) is 0 Å². The van der Waals surface area contributed by atoms with E-state index in [1.54, 1.807) is 0 Å². The third-order valence-electron chi connectivity index (χ3n) is 3.60. The number of barbiturate groups is 1. The normalized spacial score (nSPS) is 16.0. The van der Waals surface area contributed by atoms with Gasteiger partial charge in [0.2, 0.25) is 0 Å². The Labute approximate surface area is 145 Å². The van der Waals surface area contributed by atoms with Crippen molar-refractivity contribution in [3.05, 3.63) is 75.6 Å². The zero-order valence-electron chi connectivity index (χ0n) is 13.0. The fourth-order valence-corrected chi connectivity index (χ4v) is 2.34. The smallest absolute Gasteiger partial charge is 0.273 e. The first-order chi connectivity index (χ1) is 12.4. The molecular formula is C17H10FN3O5. The summed E-state index contributed by atoms with van der Waals surface area (Å²) in [4.78, 5) is 47.4. The van der Waals surface area contributed by atoms with Crippen LogP contribution in [0.2, 0.25) is 0 Å². The summed E-state index contributed by atoms with van der Waals surface area (Å²) in [5, 5.41) is 12.7. The summed E-state index contributed by atoms with van der Waals surface area (Å²) in [5.41, 5.74) is -0.0176. The Balaban J connectivity index is 1.96. The van der Waals surface area contributed by atoms with Gasteiger partial charge < -0.3 is 0 Å². The number of benzene rings is 2. The summed E-state index contributed by atoms with van der Waals surface area (Å²) in [5.74, 6) is -2.32. The minimum Gasteiger partial charge on any atom is -0.273 e. The highest BCUT2D eigenvalue weighted by atomic mass is 19.1. The monoisotopic (exact) mass is 355 g/mol. The van der Waals surface area contributed by atoms with Crippen molar-refractivity contribution in [2.75, 3.05) is 4.90 Å². The van der Waals surface area contributed by atoms with E-state index in [2.05, 4.69) is 0 Å². The molecule has 1 aliphatic rings. The van der Waals surface area contributed by atoms with Crippen LogP contribution in [0.5, 0.6) is 0 Å². The third kappa shape index (κ3) is 3.18. The van der Waals surface area contributed by atoms with Crippen molar-refractivity contribution >= 4 is 35.3 Å². The highest BCUT2D eigenvalue weighted by Crippen LogP contribution is 2.22. The lowest BCUT2D eigenvalue weighted by atomic mass is 10.1. The third-order valence-corrected chi connectivity index (χ3v) is 3.60. The molecule has 4 amide bonds. The van der Waals surface area contributed by atoms with E-state index in [0.29, 0.717) is 10.5 Å². The van der Waals surface area contributed by atoms with Crippen LogP contribution in [0.4, 0.5) is 20.6 Å². The topological polar surface area (TPSA) is 110 Å². The first-order valence-electron chi connectivity index (χ1n) is 7.28. The van der Waals surface area contributed by atoms with Crippen LogP contribution in [0.25, 0.3) is 6.08 Å². The highest BCUT2D eigenvalue weighted by molar-refractivity contribution is 6.39. The van der Waals surface area contributed by atoms with Crippen molar-refractivity contribution in [3.8, 4) is 0 Å². The molecule has 9 heteroatoms. The first-order valence-corrected chi connectivity index (χ1v) is 7.28. The molecular weight excluding hydrogens is 345 g/mol. The molecule has 0 aliphatic carbocycles. The summed E-state index contributed by atoms with van der Waals surface area (Å²) >= 11 is 0. The molecule has 0 aromatic heterocycles. The van der Waals surface area contributed by atoms with E-state index < -0.39 is 28.6 Å². The number of amides is 4. The van der Waals surface area contributed by atoms with Gasteiger partial charge >= 0.3 is 6.03 Å². The van der Waals surface area contributed by atoms with Gasteiger partial charge in [-0.3, -0.25) is 25.0 Å². The zero-order chi connectivity index (χ0) is 18.8. The summed E-state index contributed by atoms with van der Waals surface area (Å²) in [7, 11) is 0. The lowest BCUT2D eigenvalue weighted by Crippen LogP contribution is -2.54. The minimum atomic E-state index is -0.951. The fraction of sp³-hybridized carbons (Fsp3) is 0. The van der Waals surface area contributed by atoms with Crippen molar-refractivity contribution in [2.24, 2.45) is 0 Å². The Morgan fingerprint density at radius 3 is 2.19 bits per heavy atom. The summed E-state index contributed by atoms with van der Waals surface area (Å²) < 4.78 is 13.0. The maximum atomic E-state index is 13.0. The van der Waals surface area contributed by atoms with Crippen LogP contribution >= 0.6 is 0 Å². The molecule has 1 aliphatic heterocycles. The van der Waals surface area contributed by atoms with Gasteiger partial charge in [0.15, 0.2) is 0 Å². The minimum absolute atomic E-state index is 0.0935. The Kier molecular flexibility index (Phi) is 4.27. The number of hydrogen-bond acceptors (Lipinski definition) is 5. The van der Waals surface area contributed by atoms with Crippen molar-refractivity contribution in [1.82, 2.24) is 5.32 Å². The van der Waals surface area contributed by atoms with Gasteiger partial charge in [0.25, 0.3) is 17.5 Å². The molecule has 130 valence electrons. The van der Waals surface area contributed by atoms with E-state index in [9.17, 15) is 28.9 Å². The Hall–Kier alpha value is -3.88. The van der Waals surface area contributed by atoms with Gasteiger partial charge in [-0.25, -0.2) is 14.1 Å². The second-order valence-electron chi connectivity index (χ2n) is 5.28. The molecule has 2 aromatic rings. The molecule has 2 aromatic carbocycles. The summed E-state index contributed by atoms with van der Waals surface area (Å²) in [6.45, 7) is 0. The zero-order valence-corrected chi connectivity index (χ0v) is 13.0. The van der Waals surface area contributed by atoms with Crippen LogP contribution < -0.4 is 10.2 Å². The highest BCUT2D eigenvalue weighted by Gasteiger charge is 2.36. The molecule has 0 bridgehead atoms. The molecule has 0 spiro atoms. The van der Waals surface area contributed by atoms with Crippen molar-refractivity contribution < 1.29 is 23.7 Å². The van der Waals surface area contributed by atoms with Crippen LogP contribution in [0.3, 0.4) is 0 Å². The van der Waals surface area contributed by atoms with Gasteiger partial charge in [-0.2, -0.15) is 0 Å². The van der Waals surface area contributed by atoms with Gasteiger partial charge in [-0.05, 0) is 48.0 Å². The Morgan fingerprint density at radius 1 is 1.00 bits per heavy atom. The van der Waals surface area contributed by atoms with Crippen LogP contribution in [-0.4, -0.2) is 22.8 Å². The lowest BCUT2D eigenvalue weighted by Gasteiger charge is -2.26. The number of urea groups is 1. The van der Waals surface area contributed by atoms with Crippen molar-refractivity contribution in [2.45, 2.75) is 0 Å². The second kappa shape index (κ2) is 6.55. The maximum Gasteiger partial charge on any atom is 0.335 e. The first kappa shape index (κ1) is 17.0. The van der Waals surface area contributed by atoms with Crippen LogP contribution in [0.1, 0.15) is 5.56 Å². The number of hydrogen-bond donors (Lipinski definition) is 1. The number of carbonyl (C=O) groups is 3. The van der Waals surface area contributed by atoms with Crippen molar-refractivity contribution in [3.63, 3.8) is 0 Å². The van der Waals surface area contributed by atoms with Crippen LogP contribution in [-0.2, 0) is 9.59 Å². The Morgan fingerprint density at radius 2 is 1.62 bits per heavy atom.